The van der Waals surface area contributed by atoms with E-state index in [-0.39, 0.29) is 5.76 Å². The molecule has 0 aliphatic rings. The number of unbranched alkanes of at least 4 members (excludes halogenated alkanes) is 1. The molecule has 1 rings (SSSR count). The number of aromatic nitrogens is 1. The van der Waals surface area contributed by atoms with Crippen LogP contribution in [-0.2, 0) is 6.42 Å². The van der Waals surface area contributed by atoms with Crippen molar-refractivity contribution in [2.75, 3.05) is 0 Å². The summed E-state index contributed by atoms with van der Waals surface area (Å²) in [5.41, 5.74) is 0.457. The van der Waals surface area contributed by atoms with Gasteiger partial charge in [0.25, 0.3) is 0 Å². The highest BCUT2D eigenvalue weighted by Gasteiger charge is 2.15. The second-order valence-corrected chi connectivity index (χ2v) is 2.93. The van der Waals surface area contributed by atoms with Crippen molar-refractivity contribution >= 4 is 5.97 Å². The van der Waals surface area contributed by atoms with Gasteiger partial charge in [0.15, 0.2) is 5.89 Å². The lowest BCUT2D eigenvalue weighted by Gasteiger charge is -1.90. The lowest BCUT2D eigenvalue weighted by molar-refractivity contribution is 0.0659. The van der Waals surface area contributed by atoms with Gasteiger partial charge in [-0.2, -0.15) is 0 Å². The minimum absolute atomic E-state index is 0.0360. The summed E-state index contributed by atoms with van der Waals surface area (Å²) in [6.07, 6.45) is 2.73. The first-order valence-electron chi connectivity index (χ1n) is 4.34. The summed E-state index contributed by atoms with van der Waals surface area (Å²) in [6.45, 7) is 3.70. The molecule has 13 heavy (non-hydrogen) atoms. The number of oxazole rings is 1. The van der Waals surface area contributed by atoms with Gasteiger partial charge in [-0.1, -0.05) is 13.3 Å². The van der Waals surface area contributed by atoms with Crippen LogP contribution in [-0.4, -0.2) is 16.1 Å². The van der Waals surface area contributed by atoms with Gasteiger partial charge in [-0.3, -0.25) is 0 Å². The molecule has 0 unspecified atom stereocenters. The monoisotopic (exact) mass is 183 g/mol. The average Bonchev–Trinajstić information content (AvgIpc) is 2.43. The number of aryl methyl sites for hydroxylation is 2. The standard InChI is InChI=1S/C9H13NO3/c1-3-4-5-7-10-6(2)8(13-7)9(11)12/h3-5H2,1-2H3,(H,11,12). The first-order chi connectivity index (χ1) is 6.15. The number of carbonyl (C=O) groups is 1. The van der Waals surface area contributed by atoms with Crippen LogP contribution in [0.25, 0.3) is 0 Å². The molecular weight excluding hydrogens is 170 g/mol. The first-order valence-corrected chi connectivity index (χ1v) is 4.34. The van der Waals surface area contributed by atoms with Crippen molar-refractivity contribution in [3.05, 3.63) is 17.3 Å². The van der Waals surface area contributed by atoms with Crippen LogP contribution >= 0.6 is 0 Å². The molecule has 0 radical (unpaired) electrons. The summed E-state index contributed by atoms with van der Waals surface area (Å²) in [5, 5.41) is 8.67. The minimum atomic E-state index is -1.05. The molecule has 1 aromatic rings. The summed E-state index contributed by atoms with van der Waals surface area (Å²) in [6, 6.07) is 0. The van der Waals surface area contributed by atoms with E-state index in [2.05, 4.69) is 11.9 Å². The van der Waals surface area contributed by atoms with Crippen molar-refractivity contribution in [1.82, 2.24) is 4.98 Å². The molecule has 0 spiro atoms. The molecule has 4 nitrogen and oxygen atoms in total. The zero-order valence-electron chi connectivity index (χ0n) is 7.83. The van der Waals surface area contributed by atoms with Crippen LogP contribution in [0.15, 0.2) is 4.42 Å². The predicted molar refractivity (Wildman–Crippen MR) is 46.8 cm³/mol. The van der Waals surface area contributed by atoms with Crippen LogP contribution in [0, 0.1) is 6.92 Å². The maximum absolute atomic E-state index is 10.6. The Kier molecular flexibility index (Phi) is 3.06. The van der Waals surface area contributed by atoms with Crippen LogP contribution in [0.4, 0.5) is 0 Å². The van der Waals surface area contributed by atoms with Crippen molar-refractivity contribution < 1.29 is 14.3 Å². The van der Waals surface area contributed by atoms with Crippen molar-refractivity contribution in [1.29, 1.82) is 0 Å². The fraction of sp³-hybridized carbons (Fsp3) is 0.556. The summed E-state index contributed by atoms with van der Waals surface area (Å²) in [7, 11) is 0. The minimum Gasteiger partial charge on any atom is -0.475 e. The third-order valence-electron chi connectivity index (χ3n) is 1.78. The number of carboxylic acids is 1. The predicted octanol–water partition coefficient (Wildman–Crippen LogP) is 2.02. The first kappa shape index (κ1) is 9.77. The van der Waals surface area contributed by atoms with E-state index in [1.165, 1.54) is 0 Å². The largest absolute Gasteiger partial charge is 0.475 e. The lowest BCUT2D eigenvalue weighted by atomic mass is 10.2. The molecule has 0 aliphatic heterocycles. The van der Waals surface area contributed by atoms with Gasteiger partial charge in [-0.05, 0) is 13.3 Å². The van der Waals surface area contributed by atoms with Gasteiger partial charge in [-0.15, -0.1) is 0 Å². The van der Waals surface area contributed by atoms with Gasteiger partial charge in [-0.25, -0.2) is 9.78 Å². The van der Waals surface area contributed by atoms with Gasteiger partial charge in [0, 0.05) is 6.42 Å². The Morgan fingerprint density at radius 2 is 2.31 bits per heavy atom. The van der Waals surface area contributed by atoms with E-state index in [0.717, 1.165) is 12.8 Å². The summed E-state index contributed by atoms with van der Waals surface area (Å²) >= 11 is 0. The van der Waals surface area contributed by atoms with E-state index in [1.54, 1.807) is 6.92 Å². The molecule has 1 aromatic heterocycles. The second-order valence-electron chi connectivity index (χ2n) is 2.93. The summed E-state index contributed by atoms with van der Waals surface area (Å²) in [4.78, 5) is 14.6. The third-order valence-corrected chi connectivity index (χ3v) is 1.78. The Balaban J connectivity index is 2.76. The number of nitrogens with zero attached hydrogens (tertiary/aromatic N) is 1. The summed E-state index contributed by atoms with van der Waals surface area (Å²) < 4.78 is 5.07. The van der Waals surface area contributed by atoms with Crippen molar-refractivity contribution in [3.8, 4) is 0 Å². The molecule has 0 fully saturated rings. The Labute approximate surface area is 76.6 Å². The number of rotatable bonds is 4. The van der Waals surface area contributed by atoms with E-state index in [4.69, 9.17) is 9.52 Å². The van der Waals surface area contributed by atoms with Crippen LogP contribution in [0.1, 0.15) is 41.9 Å². The van der Waals surface area contributed by atoms with Gasteiger partial charge < -0.3 is 9.52 Å². The number of aromatic carboxylic acids is 1. The highest BCUT2D eigenvalue weighted by molar-refractivity contribution is 5.85. The highest BCUT2D eigenvalue weighted by Crippen LogP contribution is 2.11. The second kappa shape index (κ2) is 4.07. The number of hydrogen-bond donors (Lipinski definition) is 1. The molecule has 1 N–H and O–H groups in total. The Hall–Kier alpha value is -1.32. The van der Waals surface area contributed by atoms with Crippen molar-refractivity contribution in [3.63, 3.8) is 0 Å². The molecule has 0 amide bonds. The van der Waals surface area contributed by atoms with Crippen molar-refractivity contribution in [2.24, 2.45) is 0 Å². The van der Waals surface area contributed by atoms with E-state index in [0.29, 0.717) is 18.0 Å². The van der Waals surface area contributed by atoms with Gasteiger partial charge >= 0.3 is 5.97 Å². The van der Waals surface area contributed by atoms with Gasteiger partial charge in [0.2, 0.25) is 5.76 Å². The molecule has 1 heterocycles. The molecule has 4 heteroatoms. The fourth-order valence-corrected chi connectivity index (χ4v) is 1.09. The van der Waals surface area contributed by atoms with Crippen LogP contribution in [0.5, 0.6) is 0 Å². The topological polar surface area (TPSA) is 63.3 Å². The zero-order valence-corrected chi connectivity index (χ0v) is 7.83. The van der Waals surface area contributed by atoms with Crippen molar-refractivity contribution in [2.45, 2.75) is 33.1 Å². The molecule has 0 bridgehead atoms. The molecule has 0 saturated carbocycles. The van der Waals surface area contributed by atoms with E-state index in [1.807, 2.05) is 0 Å². The molecule has 0 saturated heterocycles. The Morgan fingerprint density at radius 3 is 2.77 bits per heavy atom. The van der Waals surface area contributed by atoms with Crippen LogP contribution in [0.2, 0.25) is 0 Å². The fourth-order valence-electron chi connectivity index (χ4n) is 1.09. The third kappa shape index (κ3) is 2.31. The quantitative estimate of drug-likeness (QED) is 0.775. The Bertz CT molecular complexity index is 304. The maximum atomic E-state index is 10.6. The number of hydrogen-bond acceptors (Lipinski definition) is 3. The molecule has 0 aromatic carbocycles. The molecule has 0 atom stereocenters. The smallest absolute Gasteiger partial charge is 0.373 e. The number of carboxylic acid groups (broad SMARTS) is 1. The van der Waals surface area contributed by atoms with Crippen LogP contribution in [0.3, 0.4) is 0 Å². The maximum Gasteiger partial charge on any atom is 0.373 e. The van der Waals surface area contributed by atoms with E-state index >= 15 is 0 Å². The van der Waals surface area contributed by atoms with Gasteiger partial charge in [0.05, 0.1) is 5.69 Å². The Morgan fingerprint density at radius 1 is 1.62 bits per heavy atom. The normalized spacial score (nSPS) is 10.3. The average molecular weight is 183 g/mol. The van der Waals surface area contributed by atoms with Crippen LogP contribution < -0.4 is 0 Å². The molecule has 0 aliphatic carbocycles. The summed E-state index contributed by atoms with van der Waals surface area (Å²) in [5.74, 6) is -0.560. The van der Waals surface area contributed by atoms with E-state index in [9.17, 15) is 4.79 Å². The van der Waals surface area contributed by atoms with Gasteiger partial charge in [0.1, 0.15) is 0 Å². The zero-order chi connectivity index (χ0) is 9.84. The van der Waals surface area contributed by atoms with E-state index < -0.39 is 5.97 Å². The highest BCUT2D eigenvalue weighted by atomic mass is 16.4. The molecule has 72 valence electrons. The molecular formula is C9H13NO3. The lowest BCUT2D eigenvalue weighted by Crippen LogP contribution is -1.95. The SMILES string of the molecule is CCCCc1nc(C)c(C(=O)O)o1.